The summed E-state index contributed by atoms with van der Waals surface area (Å²) in [5, 5.41) is 0. The number of rotatable bonds is 4. The summed E-state index contributed by atoms with van der Waals surface area (Å²) in [6.45, 7) is 7.26. The molecule has 1 fully saturated rings. The monoisotopic (exact) mass is 249 g/mol. The molecule has 2 rings (SSSR count). The van der Waals surface area contributed by atoms with Crippen molar-refractivity contribution in [2.75, 3.05) is 6.54 Å². The average molecular weight is 249 g/mol. The minimum Gasteiger partial charge on any atom is -0.346 e. The minimum absolute atomic E-state index is 0.133. The summed E-state index contributed by atoms with van der Waals surface area (Å²) >= 11 is 0. The van der Waals surface area contributed by atoms with Crippen LogP contribution in [-0.2, 0) is 6.42 Å². The smallest absolute Gasteiger partial charge is 0.107 e. The maximum Gasteiger partial charge on any atom is 0.107 e. The molecule has 18 heavy (non-hydrogen) atoms. The lowest BCUT2D eigenvalue weighted by molar-refractivity contribution is 0.368. The maximum atomic E-state index is 5.80. The molecule has 0 unspecified atom stereocenters. The van der Waals surface area contributed by atoms with Crippen LogP contribution in [0.2, 0.25) is 0 Å². The highest BCUT2D eigenvalue weighted by atomic mass is 14.9. The third kappa shape index (κ3) is 3.14. The average Bonchev–Trinajstić information content (AvgIpc) is 2.70. The van der Waals surface area contributed by atoms with Gasteiger partial charge in [-0.15, -0.1) is 0 Å². The number of hydrogen-bond donors (Lipinski definition) is 2. The largest absolute Gasteiger partial charge is 0.346 e. The molecule has 1 aromatic rings. The van der Waals surface area contributed by atoms with Crippen molar-refractivity contribution in [3.05, 3.63) is 17.2 Å². The number of nitrogens with zero attached hydrogens (tertiary/aromatic N) is 1. The molecule has 1 aliphatic carbocycles. The van der Waals surface area contributed by atoms with Crippen molar-refractivity contribution in [3.63, 3.8) is 0 Å². The number of nitrogens with two attached hydrogens (primary N) is 1. The van der Waals surface area contributed by atoms with E-state index >= 15 is 0 Å². The number of aromatic nitrogens is 2. The van der Waals surface area contributed by atoms with E-state index in [1.165, 1.54) is 43.5 Å². The third-order valence-corrected chi connectivity index (χ3v) is 4.16. The first-order chi connectivity index (χ1) is 8.52. The lowest BCUT2D eigenvalue weighted by Crippen LogP contribution is -2.26. The van der Waals surface area contributed by atoms with Crippen LogP contribution in [0, 0.1) is 12.3 Å². The van der Waals surface area contributed by atoms with Gasteiger partial charge < -0.3 is 10.7 Å². The molecule has 3 nitrogen and oxygen atoms in total. The Morgan fingerprint density at radius 1 is 1.28 bits per heavy atom. The fourth-order valence-corrected chi connectivity index (χ4v) is 2.92. The van der Waals surface area contributed by atoms with Crippen molar-refractivity contribution in [1.29, 1.82) is 0 Å². The van der Waals surface area contributed by atoms with E-state index in [0.717, 1.165) is 12.2 Å². The van der Waals surface area contributed by atoms with Crippen molar-refractivity contribution >= 4 is 0 Å². The number of nitrogens with one attached hydrogen (secondary N) is 1. The zero-order chi connectivity index (χ0) is 13.2. The molecule has 1 aliphatic rings. The third-order valence-electron chi connectivity index (χ3n) is 4.16. The van der Waals surface area contributed by atoms with E-state index in [4.69, 9.17) is 10.7 Å². The second-order valence-corrected chi connectivity index (χ2v) is 6.57. The molecule has 0 atom stereocenters. The van der Waals surface area contributed by atoms with Gasteiger partial charge in [0.05, 0.1) is 5.69 Å². The summed E-state index contributed by atoms with van der Waals surface area (Å²) in [6, 6.07) is 0. The van der Waals surface area contributed by atoms with Crippen LogP contribution in [0.15, 0.2) is 0 Å². The Hall–Kier alpha value is -0.830. The minimum atomic E-state index is 0.133. The molecule has 0 aliphatic heterocycles. The van der Waals surface area contributed by atoms with Gasteiger partial charge in [-0.05, 0) is 31.7 Å². The molecule has 1 saturated carbocycles. The van der Waals surface area contributed by atoms with Gasteiger partial charge >= 0.3 is 0 Å². The van der Waals surface area contributed by atoms with Crippen LogP contribution in [0.5, 0.6) is 0 Å². The van der Waals surface area contributed by atoms with Crippen LogP contribution >= 0.6 is 0 Å². The van der Waals surface area contributed by atoms with E-state index in [2.05, 4.69) is 25.8 Å². The van der Waals surface area contributed by atoms with E-state index in [0.29, 0.717) is 12.5 Å². The lowest BCUT2D eigenvalue weighted by Gasteiger charge is -2.21. The second-order valence-electron chi connectivity index (χ2n) is 6.57. The van der Waals surface area contributed by atoms with Gasteiger partial charge in [0.2, 0.25) is 0 Å². The quantitative estimate of drug-likeness (QED) is 0.860. The molecule has 0 aromatic carbocycles. The number of aryl methyl sites for hydroxylation is 1. The molecule has 102 valence electrons. The molecular weight excluding hydrogens is 222 g/mol. The molecule has 0 bridgehead atoms. The van der Waals surface area contributed by atoms with Crippen molar-refractivity contribution in [2.24, 2.45) is 11.1 Å². The topological polar surface area (TPSA) is 54.7 Å². The zero-order valence-corrected chi connectivity index (χ0v) is 12.1. The lowest BCUT2D eigenvalue weighted by atomic mass is 9.86. The van der Waals surface area contributed by atoms with E-state index in [1.54, 1.807) is 0 Å². The Morgan fingerprint density at radius 3 is 2.56 bits per heavy atom. The summed E-state index contributed by atoms with van der Waals surface area (Å²) in [4.78, 5) is 8.32. The van der Waals surface area contributed by atoms with Gasteiger partial charge in [0, 0.05) is 18.0 Å². The van der Waals surface area contributed by atoms with E-state index in [-0.39, 0.29) is 5.41 Å². The number of imidazole rings is 1. The van der Waals surface area contributed by atoms with Crippen molar-refractivity contribution in [1.82, 2.24) is 9.97 Å². The van der Waals surface area contributed by atoms with Gasteiger partial charge in [-0.25, -0.2) is 4.98 Å². The molecule has 0 radical (unpaired) electrons. The van der Waals surface area contributed by atoms with Crippen LogP contribution in [-0.4, -0.2) is 16.5 Å². The van der Waals surface area contributed by atoms with Crippen LogP contribution in [0.3, 0.4) is 0 Å². The molecule has 1 heterocycles. The van der Waals surface area contributed by atoms with Crippen LogP contribution in [0.1, 0.15) is 69.1 Å². The highest BCUT2D eigenvalue weighted by Gasteiger charge is 2.23. The summed E-state index contributed by atoms with van der Waals surface area (Å²) in [7, 11) is 0. The van der Waals surface area contributed by atoms with Gasteiger partial charge in [0.25, 0.3) is 0 Å². The Balaban J connectivity index is 2.11. The Bertz CT molecular complexity index is 386. The van der Waals surface area contributed by atoms with Crippen molar-refractivity contribution in [3.8, 4) is 0 Å². The van der Waals surface area contributed by atoms with Crippen molar-refractivity contribution < 1.29 is 0 Å². The summed E-state index contributed by atoms with van der Waals surface area (Å²) < 4.78 is 0. The second kappa shape index (κ2) is 5.43. The first-order valence-corrected chi connectivity index (χ1v) is 7.27. The van der Waals surface area contributed by atoms with Gasteiger partial charge in [0.15, 0.2) is 0 Å². The van der Waals surface area contributed by atoms with Crippen molar-refractivity contribution in [2.45, 2.75) is 65.2 Å². The predicted molar refractivity (Wildman–Crippen MR) is 75.7 cm³/mol. The zero-order valence-electron chi connectivity index (χ0n) is 12.1. The normalized spacial score (nSPS) is 18.2. The fraction of sp³-hybridized carbons (Fsp3) is 0.800. The first-order valence-electron chi connectivity index (χ1n) is 7.27. The van der Waals surface area contributed by atoms with Gasteiger partial charge in [-0.3, -0.25) is 0 Å². The SMILES string of the molecule is Cc1[nH]c(CC(C)(C)CN)nc1C1CCCCC1. The Kier molecular flexibility index (Phi) is 4.10. The van der Waals surface area contributed by atoms with Crippen LogP contribution in [0.4, 0.5) is 0 Å². The summed E-state index contributed by atoms with van der Waals surface area (Å²) in [5.41, 5.74) is 8.52. The van der Waals surface area contributed by atoms with Gasteiger partial charge in [-0.1, -0.05) is 33.1 Å². The van der Waals surface area contributed by atoms with Gasteiger partial charge in [-0.2, -0.15) is 0 Å². The fourth-order valence-electron chi connectivity index (χ4n) is 2.92. The first kappa shape index (κ1) is 13.6. The highest BCUT2D eigenvalue weighted by Crippen LogP contribution is 2.33. The molecular formula is C15H27N3. The number of H-pyrrole nitrogens is 1. The summed E-state index contributed by atoms with van der Waals surface area (Å²) in [5.74, 6) is 1.80. The highest BCUT2D eigenvalue weighted by molar-refractivity contribution is 5.19. The predicted octanol–water partition coefficient (Wildman–Crippen LogP) is 3.29. The van der Waals surface area contributed by atoms with E-state index in [9.17, 15) is 0 Å². The van der Waals surface area contributed by atoms with Crippen LogP contribution < -0.4 is 5.73 Å². The molecule has 0 spiro atoms. The van der Waals surface area contributed by atoms with E-state index in [1.807, 2.05) is 0 Å². The number of hydrogen-bond acceptors (Lipinski definition) is 2. The number of aromatic amines is 1. The van der Waals surface area contributed by atoms with E-state index < -0.39 is 0 Å². The Labute approximate surface area is 111 Å². The summed E-state index contributed by atoms with van der Waals surface area (Å²) in [6.07, 6.45) is 7.68. The standard InChI is InChI=1S/C15H27N3/c1-11-14(12-7-5-4-6-8-12)18-13(17-11)9-15(2,3)10-16/h12H,4-10,16H2,1-3H3,(H,17,18). The molecule has 0 saturated heterocycles. The van der Waals surface area contributed by atoms with Gasteiger partial charge in [0.1, 0.15) is 5.82 Å². The molecule has 3 N–H and O–H groups in total. The Morgan fingerprint density at radius 2 is 1.94 bits per heavy atom. The van der Waals surface area contributed by atoms with Crippen LogP contribution in [0.25, 0.3) is 0 Å². The molecule has 1 aromatic heterocycles. The maximum absolute atomic E-state index is 5.80. The molecule has 3 heteroatoms. The molecule has 0 amide bonds.